The van der Waals surface area contributed by atoms with Crippen LogP contribution in [0.2, 0.25) is 0 Å². The van der Waals surface area contributed by atoms with Gasteiger partial charge in [-0.3, -0.25) is 9.78 Å². The van der Waals surface area contributed by atoms with Crippen LogP contribution in [0.15, 0.2) is 24.5 Å². The molecule has 7 heteroatoms. The summed E-state index contributed by atoms with van der Waals surface area (Å²) < 4.78 is 4.70. The van der Waals surface area contributed by atoms with Gasteiger partial charge in [0.15, 0.2) is 0 Å². The van der Waals surface area contributed by atoms with E-state index in [9.17, 15) is 9.90 Å². The predicted octanol–water partition coefficient (Wildman–Crippen LogP) is 0.849. The summed E-state index contributed by atoms with van der Waals surface area (Å²) in [4.78, 5) is 15.1. The average Bonchev–Trinajstić information content (AvgIpc) is 2.28. The lowest BCUT2D eigenvalue weighted by molar-refractivity contribution is -0.147. The highest BCUT2D eigenvalue weighted by atomic mass is 35.5. The monoisotopic (exact) mass is 282 g/mol. The zero-order valence-electron chi connectivity index (χ0n) is 9.28. The van der Waals surface area contributed by atoms with Crippen molar-refractivity contribution in [2.75, 3.05) is 6.61 Å². The van der Waals surface area contributed by atoms with Gasteiger partial charge < -0.3 is 15.6 Å². The molecule has 0 saturated heterocycles. The van der Waals surface area contributed by atoms with Gasteiger partial charge in [0.25, 0.3) is 0 Å². The standard InChI is InChI=1S/C10H14N2O3.2ClH/c1-2-15-10(14)8(11)9(13)7-4-3-5-12-6-7;;/h3-6,8-9,13H,2,11H2,1H3;2*1H. The Morgan fingerprint density at radius 3 is 2.71 bits per heavy atom. The van der Waals surface area contributed by atoms with E-state index in [0.29, 0.717) is 5.56 Å². The number of carbonyl (C=O) groups excluding carboxylic acids is 1. The van der Waals surface area contributed by atoms with E-state index in [2.05, 4.69) is 4.98 Å². The number of aliphatic hydroxyl groups is 1. The molecular formula is C10H16Cl2N2O3. The van der Waals surface area contributed by atoms with Gasteiger partial charge in [-0.25, -0.2) is 0 Å². The van der Waals surface area contributed by atoms with Gasteiger partial charge in [0.1, 0.15) is 12.1 Å². The summed E-state index contributed by atoms with van der Waals surface area (Å²) in [5.74, 6) is -0.617. The first-order valence-corrected chi connectivity index (χ1v) is 4.67. The summed E-state index contributed by atoms with van der Waals surface area (Å²) in [5.41, 5.74) is 6.02. The summed E-state index contributed by atoms with van der Waals surface area (Å²) in [5, 5.41) is 9.72. The molecule has 5 nitrogen and oxygen atoms in total. The molecule has 0 bridgehead atoms. The number of hydrogen-bond donors (Lipinski definition) is 2. The highest BCUT2D eigenvalue weighted by Crippen LogP contribution is 2.14. The molecule has 0 aromatic carbocycles. The van der Waals surface area contributed by atoms with Crippen LogP contribution in [0.5, 0.6) is 0 Å². The number of esters is 1. The molecule has 0 aliphatic rings. The van der Waals surface area contributed by atoms with Gasteiger partial charge in [0.05, 0.1) is 6.61 Å². The van der Waals surface area contributed by atoms with Gasteiger partial charge in [-0.05, 0) is 13.0 Å². The molecule has 2 atom stereocenters. The Bertz CT molecular complexity index is 325. The molecular weight excluding hydrogens is 267 g/mol. The van der Waals surface area contributed by atoms with E-state index in [1.54, 1.807) is 25.3 Å². The number of pyridine rings is 1. The first-order valence-electron chi connectivity index (χ1n) is 4.67. The lowest BCUT2D eigenvalue weighted by Gasteiger charge is -2.16. The van der Waals surface area contributed by atoms with E-state index in [1.807, 2.05) is 0 Å². The van der Waals surface area contributed by atoms with Crippen molar-refractivity contribution in [2.24, 2.45) is 5.73 Å². The third kappa shape index (κ3) is 5.32. The minimum absolute atomic E-state index is 0. The molecule has 0 aliphatic carbocycles. The largest absolute Gasteiger partial charge is 0.465 e. The number of aromatic nitrogens is 1. The second kappa shape index (κ2) is 9.18. The summed E-state index contributed by atoms with van der Waals surface area (Å²) >= 11 is 0. The molecule has 1 aromatic heterocycles. The van der Waals surface area contributed by atoms with Crippen LogP contribution in [0.3, 0.4) is 0 Å². The number of halogens is 2. The van der Waals surface area contributed by atoms with E-state index >= 15 is 0 Å². The molecule has 0 aliphatic heterocycles. The number of nitrogens with zero attached hydrogens (tertiary/aromatic N) is 1. The van der Waals surface area contributed by atoms with Crippen LogP contribution < -0.4 is 5.73 Å². The molecule has 0 radical (unpaired) electrons. The molecule has 1 heterocycles. The third-order valence-electron chi connectivity index (χ3n) is 1.92. The second-order valence-electron chi connectivity index (χ2n) is 3.01. The highest BCUT2D eigenvalue weighted by molar-refractivity contribution is 5.85. The van der Waals surface area contributed by atoms with Gasteiger partial charge in [0.2, 0.25) is 0 Å². The molecule has 1 aromatic rings. The van der Waals surface area contributed by atoms with E-state index < -0.39 is 18.1 Å². The number of carbonyl (C=O) groups is 1. The summed E-state index contributed by atoms with van der Waals surface area (Å²) in [6.45, 7) is 1.92. The zero-order chi connectivity index (χ0) is 11.3. The SMILES string of the molecule is CCOC(=O)C(N)C(O)c1cccnc1.Cl.Cl. The minimum atomic E-state index is -1.09. The van der Waals surface area contributed by atoms with Crippen molar-refractivity contribution in [3.8, 4) is 0 Å². The number of ether oxygens (including phenoxy) is 1. The normalized spacial score (nSPS) is 12.6. The molecule has 0 saturated carbocycles. The zero-order valence-corrected chi connectivity index (χ0v) is 10.9. The van der Waals surface area contributed by atoms with Crippen LogP contribution in [0, 0.1) is 0 Å². The Morgan fingerprint density at radius 2 is 2.24 bits per heavy atom. The molecule has 0 amide bonds. The van der Waals surface area contributed by atoms with Crippen molar-refractivity contribution >= 4 is 30.8 Å². The number of nitrogens with two attached hydrogens (primary N) is 1. The smallest absolute Gasteiger partial charge is 0.325 e. The summed E-state index contributed by atoms with van der Waals surface area (Å²) in [6, 6.07) is 2.24. The summed E-state index contributed by atoms with van der Waals surface area (Å²) in [7, 11) is 0. The highest BCUT2D eigenvalue weighted by Gasteiger charge is 2.25. The fourth-order valence-electron chi connectivity index (χ4n) is 1.13. The van der Waals surface area contributed by atoms with Gasteiger partial charge in [-0.2, -0.15) is 0 Å². The van der Waals surface area contributed by atoms with Crippen molar-refractivity contribution in [3.63, 3.8) is 0 Å². The fraction of sp³-hybridized carbons (Fsp3) is 0.400. The average molecular weight is 283 g/mol. The predicted molar refractivity (Wildman–Crippen MR) is 68.3 cm³/mol. The minimum Gasteiger partial charge on any atom is -0.465 e. The van der Waals surface area contributed by atoms with Crippen LogP contribution in [-0.2, 0) is 9.53 Å². The van der Waals surface area contributed by atoms with Crippen LogP contribution in [-0.4, -0.2) is 28.7 Å². The van der Waals surface area contributed by atoms with Crippen molar-refractivity contribution < 1.29 is 14.6 Å². The first-order chi connectivity index (χ1) is 7.16. The van der Waals surface area contributed by atoms with Gasteiger partial charge in [0, 0.05) is 18.0 Å². The Morgan fingerprint density at radius 1 is 1.59 bits per heavy atom. The van der Waals surface area contributed by atoms with Crippen molar-refractivity contribution in [1.29, 1.82) is 0 Å². The van der Waals surface area contributed by atoms with Crippen molar-refractivity contribution in [3.05, 3.63) is 30.1 Å². The van der Waals surface area contributed by atoms with E-state index in [0.717, 1.165) is 0 Å². The first kappa shape index (κ1) is 18.5. The number of aliphatic hydroxyl groups excluding tert-OH is 1. The van der Waals surface area contributed by atoms with E-state index in [1.165, 1.54) is 6.20 Å². The molecule has 0 fully saturated rings. The third-order valence-corrected chi connectivity index (χ3v) is 1.92. The Labute approximate surface area is 112 Å². The molecule has 1 rings (SSSR count). The van der Waals surface area contributed by atoms with Gasteiger partial charge in [-0.1, -0.05) is 6.07 Å². The van der Waals surface area contributed by atoms with Crippen molar-refractivity contribution in [1.82, 2.24) is 4.98 Å². The Hall–Kier alpha value is -0.880. The lowest BCUT2D eigenvalue weighted by Crippen LogP contribution is -2.38. The van der Waals surface area contributed by atoms with Gasteiger partial charge in [-0.15, -0.1) is 24.8 Å². The lowest BCUT2D eigenvalue weighted by atomic mass is 10.1. The molecule has 2 unspecified atom stereocenters. The number of hydrogen-bond acceptors (Lipinski definition) is 5. The maximum absolute atomic E-state index is 11.2. The molecule has 98 valence electrons. The van der Waals surface area contributed by atoms with Crippen molar-refractivity contribution in [2.45, 2.75) is 19.1 Å². The molecule has 3 N–H and O–H groups in total. The van der Waals surface area contributed by atoms with E-state index in [-0.39, 0.29) is 31.4 Å². The quantitative estimate of drug-likeness (QED) is 0.800. The topological polar surface area (TPSA) is 85.4 Å². The van der Waals surface area contributed by atoms with Gasteiger partial charge >= 0.3 is 5.97 Å². The second-order valence-corrected chi connectivity index (χ2v) is 3.01. The maximum Gasteiger partial charge on any atom is 0.325 e. The molecule has 0 spiro atoms. The van der Waals surface area contributed by atoms with Crippen LogP contribution in [0.25, 0.3) is 0 Å². The maximum atomic E-state index is 11.2. The Balaban J connectivity index is 0. The molecule has 17 heavy (non-hydrogen) atoms. The van der Waals surface area contributed by atoms with Crippen LogP contribution in [0.1, 0.15) is 18.6 Å². The Kier molecular flexibility index (Phi) is 9.98. The fourth-order valence-corrected chi connectivity index (χ4v) is 1.13. The number of rotatable bonds is 4. The van der Waals surface area contributed by atoms with Crippen LogP contribution >= 0.6 is 24.8 Å². The summed E-state index contributed by atoms with van der Waals surface area (Å²) in [6.07, 6.45) is 1.95. The van der Waals surface area contributed by atoms with E-state index in [4.69, 9.17) is 10.5 Å². The van der Waals surface area contributed by atoms with Crippen LogP contribution in [0.4, 0.5) is 0 Å².